The van der Waals surface area contributed by atoms with Crippen molar-refractivity contribution in [2.75, 3.05) is 29.3 Å². The van der Waals surface area contributed by atoms with E-state index in [0.717, 1.165) is 11.1 Å². The molecule has 0 unspecified atom stereocenters. The maximum Gasteiger partial charge on any atom is 0.263 e. The van der Waals surface area contributed by atoms with Crippen molar-refractivity contribution in [2.45, 2.75) is 30.8 Å². The largest absolute Gasteiger partial charge is 0.368 e. The summed E-state index contributed by atoms with van der Waals surface area (Å²) in [5.74, 6) is -0.403. The number of amides is 1. The van der Waals surface area contributed by atoms with E-state index in [2.05, 4.69) is 14.6 Å². The lowest BCUT2D eigenvalue weighted by atomic mass is 10.1. The number of sulfonamides is 1. The van der Waals surface area contributed by atoms with Crippen LogP contribution in [-0.2, 0) is 14.8 Å². The van der Waals surface area contributed by atoms with Crippen molar-refractivity contribution in [1.29, 1.82) is 0 Å². The number of benzene rings is 2. The van der Waals surface area contributed by atoms with Gasteiger partial charge in [-0.25, -0.2) is 17.8 Å². The molecule has 5 rings (SSSR count). The van der Waals surface area contributed by atoms with Crippen LogP contribution in [0.4, 0.5) is 15.2 Å². The maximum absolute atomic E-state index is 14.5. The van der Waals surface area contributed by atoms with Crippen LogP contribution in [0.1, 0.15) is 22.7 Å². The zero-order valence-corrected chi connectivity index (χ0v) is 21.5. The maximum atomic E-state index is 14.5. The van der Waals surface area contributed by atoms with Crippen molar-refractivity contribution in [1.82, 2.24) is 14.5 Å². The second-order valence-electron chi connectivity index (χ2n) is 8.84. The average Bonchev–Trinajstić information content (AvgIpc) is 3.53. The smallest absolute Gasteiger partial charge is 0.263 e. The summed E-state index contributed by atoms with van der Waals surface area (Å²) in [6.45, 7) is 5.50. The highest BCUT2D eigenvalue weighted by atomic mass is 32.2. The number of carbonyl (C=O) groups excluding carboxylic acids is 1. The van der Waals surface area contributed by atoms with Crippen molar-refractivity contribution in [3.63, 3.8) is 0 Å². The summed E-state index contributed by atoms with van der Waals surface area (Å²) in [7, 11) is -3.71. The number of piperazine rings is 1. The highest BCUT2D eigenvalue weighted by Gasteiger charge is 2.31. The van der Waals surface area contributed by atoms with Crippen LogP contribution in [-0.4, -0.2) is 54.5 Å². The summed E-state index contributed by atoms with van der Waals surface area (Å²) in [6, 6.07) is 12.8. The van der Waals surface area contributed by atoms with Crippen LogP contribution in [0.25, 0.3) is 10.9 Å². The predicted octanol–water partition coefficient (Wildman–Crippen LogP) is 4.83. The molecule has 0 aliphatic carbocycles. The number of carbonyl (C=O) groups is 1. The Kier molecular flexibility index (Phi) is 6.44. The summed E-state index contributed by atoms with van der Waals surface area (Å²) in [5, 5.41) is 2.78. The van der Waals surface area contributed by atoms with Crippen LogP contribution in [0.3, 0.4) is 0 Å². The molecule has 3 heterocycles. The van der Waals surface area contributed by atoms with Gasteiger partial charge in [-0.05, 0) is 50.2 Å². The van der Waals surface area contributed by atoms with Gasteiger partial charge in [0.25, 0.3) is 10.0 Å². The lowest BCUT2D eigenvalue weighted by molar-refractivity contribution is -0.136. The Morgan fingerprint density at radius 2 is 1.97 bits per heavy atom. The first-order valence-corrected chi connectivity index (χ1v) is 13.9. The van der Waals surface area contributed by atoms with Gasteiger partial charge in [-0.2, -0.15) is 0 Å². The van der Waals surface area contributed by atoms with E-state index in [-0.39, 0.29) is 25.5 Å². The Morgan fingerprint density at radius 1 is 1.19 bits per heavy atom. The SMILES string of the molecule is C[C@@H]1CN(c2ccc(S(=O)(=O)Nc3nccs3)cc2)CCN1C(=O)[C@H](C)n1ccc2cccc(F)c21.[HH].[HH]. The van der Waals surface area contributed by atoms with Gasteiger partial charge >= 0.3 is 0 Å². The molecule has 192 valence electrons. The number of hydrogen-bond donors (Lipinski definition) is 1. The average molecular weight is 532 g/mol. The van der Waals surface area contributed by atoms with E-state index in [1.807, 2.05) is 24.0 Å². The van der Waals surface area contributed by atoms with Crippen LogP contribution in [0, 0.1) is 5.82 Å². The van der Waals surface area contributed by atoms with Gasteiger partial charge in [0.15, 0.2) is 5.13 Å². The van der Waals surface area contributed by atoms with Crippen molar-refractivity contribution in [3.8, 4) is 0 Å². The van der Waals surface area contributed by atoms with E-state index in [1.54, 1.807) is 53.4 Å². The monoisotopic (exact) mass is 531 g/mol. The van der Waals surface area contributed by atoms with E-state index >= 15 is 0 Å². The molecule has 8 nitrogen and oxygen atoms in total. The quantitative estimate of drug-likeness (QED) is 0.385. The van der Waals surface area contributed by atoms with E-state index in [4.69, 9.17) is 0 Å². The molecule has 1 N–H and O–H groups in total. The van der Waals surface area contributed by atoms with Gasteiger partial charge in [0.05, 0.1) is 10.4 Å². The third-order valence-corrected chi connectivity index (χ3v) is 8.71. The lowest BCUT2D eigenvalue weighted by Crippen LogP contribution is -2.55. The molecule has 36 heavy (non-hydrogen) atoms. The Morgan fingerprint density at radius 3 is 2.67 bits per heavy atom. The van der Waals surface area contributed by atoms with E-state index in [9.17, 15) is 17.6 Å². The topological polar surface area (TPSA) is 87.5 Å². The summed E-state index contributed by atoms with van der Waals surface area (Å²) in [5.41, 5.74) is 1.32. The van der Waals surface area contributed by atoms with Gasteiger partial charge in [-0.1, -0.05) is 12.1 Å². The summed E-state index contributed by atoms with van der Waals surface area (Å²) in [4.78, 5) is 21.5. The Hall–Kier alpha value is -3.44. The van der Waals surface area contributed by atoms with Gasteiger partial charge in [-0.15, -0.1) is 11.3 Å². The second-order valence-corrected chi connectivity index (χ2v) is 11.4. The summed E-state index contributed by atoms with van der Waals surface area (Å²) < 4.78 is 43.8. The Balaban J connectivity index is 0.00000200. The number of halogens is 1. The minimum atomic E-state index is -3.71. The number of nitrogens with zero attached hydrogens (tertiary/aromatic N) is 4. The van der Waals surface area contributed by atoms with Crippen molar-refractivity contribution < 1.29 is 20.5 Å². The summed E-state index contributed by atoms with van der Waals surface area (Å²) >= 11 is 1.21. The fraction of sp³-hybridized carbons (Fsp3) is 0.280. The zero-order chi connectivity index (χ0) is 25.4. The van der Waals surface area contributed by atoms with Crippen LogP contribution < -0.4 is 9.62 Å². The first-order valence-electron chi connectivity index (χ1n) is 11.6. The van der Waals surface area contributed by atoms with E-state index in [1.165, 1.54) is 23.6 Å². The van der Waals surface area contributed by atoms with E-state index in [0.29, 0.717) is 30.3 Å². The first-order chi connectivity index (χ1) is 17.2. The number of para-hydroxylation sites is 1. The molecule has 1 saturated heterocycles. The molecule has 0 saturated carbocycles. The lowest BCUT2D eigenvalue weighted by Gasteiger charge is -2.42. The van der Waals surface area contributed by atoms with Crippen molar-refractivity contribution in [3.05, 3.63) is 72.1 Å². The van der Waals surface area contributed by atoms with Crippen molar-refractivity contribution in [2.24, 2.45) is 0 Å². The number of rotatable bonds is 6. The fourth-order valence-electron chi connectivity index (χ4n) is 4.66. The van der Waals surface area contributed by atoms with Gasteiger partial charge < -0.3 is 14.4 Å². The molecule has 1 aliphatic heterocycles. The highest BCUT2D eigenvalue weighted by Crippen LogP contribution is 2.27. The molecule has 1 fully saturated rings. The van der Waals surface area contributed by atoms with Crippen LogP contribution in [0.2, 0.25) is 0 Å². The molecule has 4 aromatic rings. The Bertz CT molecular complexity index is 1500. The van der Waals surface area contributed by atoms with Gasteiger partial charge in [-0.3, -0.25) is 9.52 Å². The standard InChI is InChI=1S/C25H26FN5O3S2.2H2/c1-17-16-29(20-6-8-21(9-7-20)36(33,34)28-25-27-11-15-35-25)13-14-30(17)24(32)18(2)31-12-10-19-4-3-5-22(26)23(19)31;;/h3-12,15,17-18H,13-14,16H2,1-2H3,(H,27,28);2*1H/t17-,18+;;/m1../s1. The number of fused-ring (bicyclic) bond motifs is 1. The summed E-state index contributed by atoms with van der Waals surface area (Å²) in [6.07, 6.45) is 3.30. The van der Waals surface area contributed by atoms with Crippen LogP contribution >= 0.6 is 11.3 Å². The fourth-order valence-corrected chi connectivity index (χ4v) is 6.45. The van der Waals surface area contributed by atoms with Crippen molar-refractivity contribution >= 4 is 49.0 Å². The zero-order valence-electron chi connectivity index (χ0n) is 19.8. The molecule has 2 atom stereocenters. The molecule has 0 radical (unpaired) electrons. The third kappa shape index (κ3) is 4.56. The minimum absolute atomic E-state index is 0. The van der Waals surface area contributed by atoms with Crippen LogP contribution in [0.15, 0.2) is 71.2 Å². The first kappa shape index (κ1) is 24.3. The molecule has 2 aromatic carbocycles. The molecule has 0 spiro atoms. The predicted molar refractivity (Wildman–Crippen MR) is 144 cm³/mol. The molecule has 0 bridgehead atoms. The molecule has 11 heteroatoms. The van der Waals surface area contributed by atoms with Gasteiger partial charge in [0.2, 0.25) is 5.91 Å². The molecular formula is C25H30FN5O3S2. The molecular weight excluding hydrogens is 501 g/mol. The number of thiazole rings is 1. The van der Waals surface area contributed by atoms with Gasteiger partial charge in [0.1, 0.15) is 11.9 Å². The Labute approximate surface area is 216 Å². The number of aromatic nitrogens is 2. The normalized spacial score (nSPS) is 17.4. The molecule has 2 aromatic heterocycles. The van der Waals surface area contributed by atoms with Crippen LogP contribution in [0.5, 0.6) is 0 Å². The second kappa shape index (κ2) is 9.55. The minimum Gasteiger partial charge on any atom is -0.368 e. The molecule has 1 amide bonds. The van der Waals surface area contributed by atoms with E-state index < -0.39 is 16.1 Å². The number of hydrogen-bond acceptors (Lipinski definition) is 6. The third-order valence-electron chi connectivity index (χ3n) is 6.54. The number of anilines is 2. The highest BCUT2D eigenvalue weighted by molar-refractivity contribution is 7.93. The number of nitrogens with one attached hydrogen (secondary N) is 1. The van der Waals surface area contributed by atoms with Gasteiger partial charge in [0, 0.05) is 57.4 Å². The molecule has 1 aliphatic rings.